The molecule has 0 atom stereocenters. The fraction of sp³-hybridized carbons (Fsp3) is 0.179. The Balaban J connectivity index is 0.00000259. The van der Waals surface area contributed by atoms with Gasteiger partial charge in [0.15, 0.2) is 0 Å². The molecule has 2 N–H and O–H groups in total. The molecule has 0 saturated heterocycles. The van der Waals surface area contributed by atoms with Crippen molar-refractivity contribution in [1.29, 1.82) is 0 Å². The van der Waals surface area contributed by atoms with Crippen molar-refractivity contribution in [2.45, 2.75) is 33.2 Å². The highest BCUT2D eigenvalue weighted by atomic mass is 16.4. The largest absolute Gasteiger partial charge is 0.481 e. The van der Waals surface area contributed by atoms with Gasteiger partial charge in [0.05, 0.1) is 12.8 Å². The first-order chi connectivity index (χ1) is 21.2. The maximum atomic E-state index is 11.0. The van der Waals surface area contributed by atoms with E-state index in [0.29, 0.717) is 0 Å². The van der Waals surface area contributed by atoms with Crippen LogP contribution in [0.15, 0.2) is 91.0 Å². The summed E-state index contributed by atoms with van der Waals surface area (Å²) in [7, 11) is 4.12. The van der Waals surface area contributed by atoms with Gasteiger partial charge in [-0.3, -0.25) is 9.59 Å². The van der Waals surface area contributed by atoms with Crippen LogP contribution in [0.3, 0.4) is 0 Å². The Kier molecular flexibility index (Phi) is 13.1. The Morgan fingerprint density at radius 3 is 1.05 bits per heavy atom. The third-order valence-corrected chi connectivity index (χ3v) is 6.55. The minimum Gasteiger partial charge on any atom is -0.481 e. The first-order valence-corrected chi connectivity index (χ1v) is 14.8. The number of hydrogen-bond donors (Lipinski definition) is 2. The number of rotatable bonds is 12. The molecular weight excluding hydrogens is 546 g/mol. The van der Waals surface area contributed by atoms with Crippen molar-refractivity contribution in [3.63, 3.8) is 0 Å². The lowest BCUT2D eigenvalue weighted by molar-refractivity contribution is -0.137. The van der Waals surface area contributed by atoms with E-state index in [-0.39, 0.29) is 12.8 Å². The molecule has 0 aliphatic carbocycles. The monoisotopic (exact) mass is 587 g/mol. The van der Waals surface area contributed by atoms with Crippen molar-refractivity contribution >= 4 is 48.4 Å². The quantitative estimate of drug-likeness (QED) is 0.162. The Morgan fingerprint density at radius 2 is 0.773 bits per heavy atom. The second-order valence-electron chi connectivity index (χ2n) is 10.5. The van der Waals surface area contributed by atoms with Crippen molar-refractivity contribution in [3.8, 4) is 0 Å². The molecule has 4 aromatic carbocycles. The van der Waals surface area contributed by atoms with Gasteiger partial charge in [0.25, 0.3) is 0 Å². The van der Waals surface area contributed by atoms with Crippen molar-refractivity contribution < 1.29 is 19.8 Å². The molecule has 5 heteroatoms. The van der Waals surface area contributed by atoms with Gasteiger partial charge < -0.3 is 15.1 Å². The highest BCUT2D eigenvalue weighted by Crippen LogP contribution is 2.20. The van der Waals surface area contributed by atoms with E-state index >= 15 is 0 Å². The van der Waals surface area contributed by atoms with Gasteiger partial charge in [-0.2, -0.15) is 0 Å². The van der Waals surface area contributed by atoms with Gasteiger partial charge in [-0.25, -0.2) is 0 Å². The lowest BCUT2D eigenvalue weighted by Crippen LogP contribution is -2.10. The summed E-state index contributed by atoms with van der Waals surface area (Å²) in [6.45, 7) is 4.90. The molecule has 0 saturated carbocycles. The normalized spacial score (nSPS) is 11.3. The molecule has 0 spiro atoms. The Morgan fingerprint density at radius 1 is 0.500 bits per heavy atom. The van der Waals surface area contributed by atoms with E-state index in [1.807, 2.05) is 74.5 Å². The molecule has 0 amide bonds. The van der Waals surface area contributed by atoms with Crippen molar-refractivity contribution in [2.24, 2.45) is 0 Å². The van der Waals surface area contributed by atoms with Crippen LogP contribution in [0, 0.1) is 0 Å². The van der Waals surface area contributed by atoms with Crippen LogP contribution in [0.4, 0.5) is 0 Å². The zero-order chi connectivity index (χ0) is 31.9. The topological polar surface area (TPSA) is 77.8 Å². The number of hydrogen-bond acceptors (Lipinski definition) is 3. The fourth-order valence-electron chi connectivity index (χ4n) is 4.51. The molecule has 0 aliphatic heterocycles. The molecular formula is C39H41NO4. The van der Waals surface area contributed by atoms with Crippen LogP contribution in [0.2, 0.25) is 0 Å². The predicted molar refractivity (Wildman–Crippen MR) is 184 cm³/mol. The van der Waals surface area contributed by atoms with Crippen LogP contribution in [0.1, 0.15) is 63.9 Å². The van der Waals surface area contributed by atoms with Crippen molar-refractivity contribution in [3.05, 3.63) is 141 Å². The Bertz CT molecular complexity index is 1510. The van der Waals surface area contributed by atoms with E-state index in [1.165, 1.54) is 5.56 Å². The number of carbonyl (C=O) groups is 2. The molecule has 4 rings (SSSR count). The van der Waals surface area contributed by atoms with Crippen molar-refractivity contribution in [2.75, 3.05) is 14.1 Å². The van der Waals surface area contributed by atoms with E-state index in [0.717, 1.165) is 51.1 Å². The van der Waals surface area contributed by atoms with Crippen molar-refractivity contribution in [1.82, 2.24) is 4.90 Å². The molecule has 0 bridgehead atoms. The van der Waals surface area contributed by atoms with E-state index in [4.69, 9.17) is 10.2 Å². The third kappa shape index (κ3) is 11.7. The van der Waals surface area contributed by atoms with Crippen LogP contribution in [0.5, 0.6) is 0 Å². The van der Waals surface area contributed by atoms with Gasteiger partial charge in [-0.1, -0.05) is 123 Å². The molecule has 226 valence electrons. The molecule has 0 fully saturated rings. The average molecular weight is 588 g/mol. The highest BCUT2D eigenvalue weighted by Gasteiger charge is 2.02. The van der Waals surface area contributed by atoms with Crippen LogP contribution in [-0.2, 0) is 29.0 Å². The maximum absolute atomic E-state index is 11.0. The number of benzene rings is 4. The SMILES string of the molecule is CC.CN(C)Cc1ccc(/C=C/c2cc(/C=C/c3ccc(CC(=O)O)cc3)cc(/C=C/c3ccc(CC(=O)O)cc3)c2)cc1. The Hall–Kier alpha value is -5.00. The summed E-state index contributed by atoms with van der Waals surface area (Å²) in [5, 5.41) is 18.0. The molecule has 4 aromatic rings. The van der Waals surface area contributed by atoms with Gasteiger partial charge in [-0.05, 0) is 82.4 Å². The lowest BCUT2D eigenvalue weighted by atomic mass is 10.0. The molecule has 0 aliphatic rings. The number of aliphatic carboxylic acids is 2. The third-order valence-electron chi connectivity index (χ3n) is 6.55. The maximum Gasteiger partial charge on any atom is 0.307 e. The minimum absolute atomic E-state index is 0.00866. The number of carboxylic acid groups (broad SMARTS) is 2. The summed E-state index contributed by atoms with van der Waals surface area (Å²) >= 11 is 0. The van der Waals surface area contributed by atoms with E-state index in [1.54, 1.807) is 0 Å². The zero-order valence-corrected chi connectivity index (χ0v) is 25.9. The van der Waals surface area contributed by atoms with E-state index < -0.39 is 11.9 Å². The van der Waals surface area contributed by atoms with Crippen LogP contribution in [-0.4, -0.2) is 41.1 Å². The fourth-order valence-corrected chi connectivity index (χ4v) is 4.51. The second-order valence-corrected chi connectivity index (χ2v) is 10.5. The number of carboxylic acids is 2. The molecule has 5 nitrogen and oxygen atoms in total. The van der Waals surface area contributed by atoms with E-state index in [9.17, 15) is 9.59 Å². The van der Waals surface area contributed by atoms with Crippen LogP contribution in [0.25, 0.3) is 36.5 Å². The molecule has 0 heterocycles. The van der Waals surface area contributed by atoms with E-state index in [2.05, 4.69) is 85.8 Å². The van der Waals surface area contributed by atoms with Gasteiger partial charge in [-0.15, -0.1) is 0 Å². The number of nitrogens with zero attached hydrogens (tertiary/aromatic N) is 1. The first-order valence-electron chi connectivity index (χ1n) is 14.8. The highest BCUT2D eigenvalue weighted by molar-refractivity contribution is 5.79. The smallest absolute Gasteiger partial charge is 0.307 e. The predicted octanol–water partition coefficient (Wildman–Crippen LogP) is 8.54. The summed E-state index contributed by atoms with van der Waals surface area (Å²) in [5.74, 6) is -1.69. The summed E-state index contributed by atoms with van der Waals surface area (Å²) < 4.78 is 0. The van der Waals surface area contributed by atoms with Gasteiger partial charge in [0.1, 0.15) is 0 Å². The summed E-state index contributed by atoms with van der Waals surface area (Å²) in [6.07, 6.45) is 12.4. The summed E-state index contributed by atoms with van der Waals surface area (Å²) in [4.78, 5) is 24.1. The van der Waals surface area contributed by atoms with Crippen LogP contribution < -0.4 is 0 Å². The first kappa shape index (κ1) is 33.5. The standard InChI is InChI=1S/C37H35NO4.C2H6/c1-38(2)26-32-16-7-29(8-17-32)11-20-35-22-33(18-9-27-3-12-30(13-4-27)24-36(39)40)21-34(23-35)19-10-28-5-14-31(15-6-28)25-37(41)42;1-2/h3-23H,24-26H2,1-2H3,(H,39,40)(H,41,42);1-2H3/b18-9+,19-10+,20-11+;. The average Bonchev–Trinajstić information content (AvgIpc) is 3.00. The second kappa shape index (κ2) is 17.2. The van der Waals surface area contributed by atoms with Crippen LogP contribution >= 0.6 is 0 Å². The molecule has 0 aromatic heterocycles. The molecule has 0 unspecified atom stereocenters. The lowest BCUT2D eigenvalue weighted by Gasteiger charge is -2.09. The Labute approximate surface area is 261 Å². The molecule has 44 heavy (non-hydrogen) atoms. The summed E-state index contributed by atoms with van der Waals surface area (Å²) in [6, 6.07) is 30.0. The van der Waals surface area contributed by atoms with Gasteiger partial charge >= 0.3 is 11.9 Å². The minimum atomic E-state index is -0.843. The zero-order valence-electron chi connectivity index (χ0n) is 25.9. The van der Waals surface area contributed by atoms with Gasteiger partial charge in [0, 0.05) is 6.54 Å². The molecule has 0 radical (unpaired) electrons. The summed E-state index contributed by atoms with van der Waals surface area (Å²) in [5.41, 5.74) is 9.02. The van der Waals surface area contributed by atoms with Gasteiger partial charge in [0.2, 0.25) is 0 Å².